The average molecular weight is 178 g/mol. The molecule has 3 nitrogen and oxygen atoms in total. The lowest BCUT2D eigenvalue weighted by Crippen LogP contribution is -1.93. The number of aromatic nitrogens is 2. The van der Waals surface area contributed by atoms with E-state index in [1.165, 1.54) is 0 Å². The first-order chi connectivity index (χ1) is 6.15. The zero-order valence-corrected chi connectivity index (χ0v) is 8.20. The van der Waals surface area contributed by atoms with Crippen molar-refractivity contribution in [2.45, 2.75) is 19.8 Å². The molecule has 13 heavy (non-hydrogen) atoms. The SMILES string of the molecule is CC(C)c1nn(C)cc1C#CCO. The van der Waals surface area contributed by atoms with Crippen molar-refractivity contribution in [3.8, 4) is 11.8 Å². The zero-order chi connectivity index (χ0) is 9.84. The third kappa shape index (κ3) is 2.33. The fourth-order valence-electron chi connectivity index (χ4n) is 1.16. The number of nitrogens with zero attached hydrogens (tertiary/aromatic N) is 2. The van der Waals surface area contributed by atoms with Crippen LogP contribution in [0.15, 0.2) is 6.20 Å². The standard InChI is InChI=1S/C10H14N2O/c1-8(2)10-9(5-4-6-13)7-12(3)11-10/h7-8,13H,6H2,1-3H3. The first kappa shape index (κ1) is 9.82. The molecule has 0 amide bonds. The highest BCUT2D eigenvalue weighted by molar-refractivity contribution is 5.37. The van der Waals surface area contributed by atoms with Gasteiger partial charge in [0.05, 0.1) is 11.3 Å². The Balaban J connectivity index is 3.04. The van der Waals surface area contributed by atoms with Gasteiger partial charge in [-0.25, -0.2) is 0 Å². The number of rotatable bonds is 1. The van der Waals surface area contributed by atoms with Crippen LogP contribution < -0.4 is 0 Å². The van der Waals surface area contributed by atoms with Crippen molar-refractivity contribution < 1.29 is 5.11 Å². The summed E-state index contributed by atoms with van der Waals surface area (Å²) >= 11 is 0. The van der Waals surface area contributed by atoms with E-state index in [2.05, 4.69) is 30.8 Å². The van der Waals surface area contributed by atoms with Crippen LogP contribution in [0.5, 0.6) is 0 Å². The largest absolute Gasteiger partial charge is 0.384 e. The maximum Gasteiger partial charge on any atom is 0.104 e. The number of aliphatic hydroxyl groups excluding tert-OH is 1. The van der Waals surface area contributed by atoms with E-state index in [9.17, 15) is 0 Å². The van der Waals surface area contributed by atoms with E-state index in [1.807, 2.05) is 13.2 Å². The van der Waals surface area contributed by atoms with Crippen molar-refractivity contribution in [1.82, 2.24) is 9.78 Å². The Morgan fingerprint density at radius 3 is 2.85 bits per heavy atom. The van der Waals surface area contributed by atoms with Crippen LogP contribution in [0.1, 0.15) is 31.0 Å². The van der Waals surface area contributed by atoms with Crippen molar-refractivity contribution in [2.75, 3.05) is 6.61 Å². The minimum atomic E-state index is -0.105. The maximum absolute atomic E-state index is 8.56. The predicted molar refractivity (Wildman–Crippen MR) is 51.3 cm³/mol. The van der Waals surface area contributed by atoms with E-state index in [-0.39, 0.29) is 6.61 Å². The van der Waals surface area contributed by atoms with Gasteiger partial charge >= 0.3 is 0 Å². The minimum absolute atomic E-state index is 0.105. The molecule has 70 valence electrons. The fourth-order valence-corrected chi connectivity index (χ4v) is 1.16. The van der Waals surface area contributed by atoms with Gasteiger partial charge in [0.25, 0.3) is 0 Å². The summed E-state index contributed by atoms with van der Waals surface area (Å²) in [6.45, 7) is 4.05. The monoisotopic (exact) mass is 178 g/mol. The molecule has 0 aliphatic rings. The van der Waals surface area contributed by atoms with Gasteiger partial charge in [-0.1, -0.05) is 25.7 Å². The maximum atomic E-state index is 8.56. The van der Waals surface area contributed by atoms with Crippen LogP contribution in [0, 0.1) is 11.8 Å². The predicted octanol–water partition coefficient (Wildman–Crippen LogP) is 0.887. The van der Waals surface area contributed by atoms with E-state index in [0.717, 1.165) is 11.3 Å². The minimum Gasteiger partial charge on any atom is -0.384 e. The van der Waals surface area contributed by atoms with Crippen LogP contribution in [0.3, 0.4) is 0 Å². The molecular formula is C10H14N2O. The molecule has 3 heteroatoms. The quantitative estimate of drug-likeness (QED) is 0.648. The highest BCUT2D eigenvalue weighted by Crippen LogP contribution is 2.15. The number of aliphatic hydroxyl groups is 1. The second kappa shape index (κ2) is 4.11. The summed E-state index contributed by atoms with van der Waals surface area (Å²) in [5.74, 6) is 5.87. The summed E-state index contributed by atoms with van der Waals surface area (Å²) in [5, 5.41) is 12.9. The second-order valence-electron chi connectivity index (χ2n) is 3.22. The topological polar surface area (TPSA) is 38.0 Å². The lowest BCUT2D eigenvalue weighted by molar-refractivity contribution is 0.350. The number of hydrogen-bond donors (Lipinski definition) is 1. The Kier molecular flexibility index (Phi) is 3.10. The molecule has 1 rings (SSSR count). The molecule has 1 aromatic heterocycles. The van der Waals surface area contributed by atoms with Crippen molar-refractivity contribution in [3.05, 3.63) is 17.5 Å². The third-order valence-corrected chi connectivity index (χ3v) is 1.71. The van der Waals surface area contributed by atoms with Crippen molar-refractivity contribution in [1.29, 1.82) is 0 Å². The van der Waals surface area contributed by atoms with Gasteiger partial charge in [-0.15, -0.1) is 0 Å². The Morgan fingerprint density at radius 2 is 2.31 bits per heavy atom. The highest BCUT2D eigenvalue weighted by atomic mass is 16.2. The molecule has 0 aliphatic carbocycles. The van der Waals surface area contributed by atoms with Crippen molar-refractivity contribution >= 4 is 0 Å². The molecule has 0 fully saturated rings. The van der Waals surface area contributed by atoms with Gasteiger partial charge in [0.1, 0.15) is 6.61 Å². The smallest absolute Gasteiger partial charge is 0.104 e. The summed E-state index contributed by atoms with van der Waals surface area (Å²) in [4.78, 5) is 0. The van der Waals surface area contributed by atoms with Gasteiger partial charge in [0.15, 0.2) is 0 Å². The van der Waals surface area contributed by atoms with Crippen LogP contribution in [0.4, 0.5) is 0 Å². The third-order valence-electron chi connectivity index (χ3n) is 1.71. The van der Waals surface area contributed by atoms with Crippen LogP contribution in [-0.4, -0.2) is 21.5 Å². The molecular weight excluding hydrogens is 164 g/mol. The molecule has 0 atom stereocenters. The summed E-state index contributed by atoms with van der Waals surface area (Å²) in [6.07, 6.45) is 1.87. The summed E-state index contributed by atoms with van der Waals surface area (Å²) in [6, 6.07) is 0. The van der Waals surface area contributed by atoms with Crippen LogP contribution in [0.25, 0.3) is 0 Å². The van der Waals surface area contributed by atoms with E-state index < -0.39 is 0 Å². The van der Waals surface area contributed by atoms with E-state index in [4.69, 9.17) is 5.11 Å². The normalized spacial score (nSPS) is 9.92. The molecule has 0 aliphatic heterocycles. The molecule has 1 N–H and O–H groups in total. The van der Waals surface area contributed by atoms with E-state index >= 15 is 0 Å². The summed E-state index contributed by atoms with van der Waals surface area (Å²) in [7, 11) is 1.87. The first-order valence-corrected chi connectivity index (χ1v) is 4.28. The molecule has 0 radical (unpaired) electrons. The van der Waals surface area contributed by atoms with Gasteiger partial charge in [0, 0.05) is 13.2 Å². The van der Waals surface area contributed by atoms with Gasteiger partial charge in [-0.2, -0.15) is 5.10 Å². The molecule has 0 aromatic carbocycles. The molecule has 0 saturated heterocycles. The average Bonchev–Trinajstić information content (AvgIpc) is 2.43. The molecule has 0 bridgehead atoms. The van der Waals surface area contributed by atoms with E-state index in [0.29, 0.717) is 5.92 Å². The second-order valence-corrected chi connectivity index (χ2v) is 3.22. The van der Waals surface area contributed by atoms with E-state index in [1.54, 1.807) is 4.68 Å². The van der Waals surface area contributed by atoms with Gasteiger partial charge < -0.3 is 5.11 Å². The van der Waals surface area contributed by atoms with Gasteiger partial charge in [-0.3, -0.25) is 4.68 Å². The molecule has 1 aromatic rings. The van der Waals surface area contributed by atoms with Crippen molar-refractivity contribution in [3.63, 3.8) is 0 Å². The lowest BCUT2D eigenvalue weighted by Gasteiger charge is -1.98. The summed E-state index contributed by atoms with van der Waals surface area (Å²) < 4.78 is 1.75. The molecule has 0 unspecified atom stereocenters. The van der Waals surface area contributed by atoms with Gasteiger partial charge in [0.2, 0.25) is 0 Å². The molecule has 0 spiro atoms. The van der Waals surface area contributed by atoms with Crippen molar-refractivity contribution in [2.24, 2.45) is 7.05 Å². The zero-order valence-electron chi connectivity index (χ0n) is 8.20. The Morgan fingerprint density at radius 1 is 1.62 bits per heavy atom. The number of hydrogen-bond acceptors (Lipinski definition) is 2. The van der Waals surface area contributed by atoms with Gasteiger partial charge in [-0.05, 0) is 5.92 Å². The Hall–Kier alpha value is -1.27. The van der Waals surface area contributed by atoms with Crippen LogP contribution in [-0.2, 0) is 7.05 Å². The molecule has 0 saturated carbocycles. The lowest BCUT2D eigenvalue weighted by atomic mass is 10.1. The van der Waals surface area contributed by atoms with Crippen LogP contribution >= 0.6 is 0 Å². The Labute approximate surface area is 78.4 Å². The fraction of sp³-hybridized carbons (Fsp3) is 0.500. The first-order valence-electron chi connectivity index (χ1n) is 4.28. The summed E-state index contributed by atoms with van der Waals surface area (Å²) in [5.41, 5.74) is 1.90. The number of aryl methyl sites for hydroxylation is 1. The molecule has 1 heterocycles. The highest BCUT2D eigenvalue weighted by Gasteiger charge is 2.08. The van der Waals surface area contributed by atoms with Crippen LogP contribution in [0.2, 0.25) is 0 Å². The Bertz CT molecular complexity index is 342.